The van der Waals surface area contributed by atoms with E-state index in [9.17, 15) is 4.79 Å². The van der Waals surface area contributed by atoms with Crippen LogP contribution in [0.5, 0.6) is 11.5 Å². The molecule has 8 heteroatoms. The summed E-state index contributed by atoms with van der Waals surface area (Å²) in [7, 11) is 0. The summed E-state index contributed by atoms with van der Waals surface area (Å²) in [6.45, 7) is 1.05. The summed E-state index contributed by atoms with van der Waals surface area (Å²) < 4.78 is 13.0. The van der Waals surface area contributed by atoms with Gasteiger partial charge in [-0.1, -0.05) is 37.5 Å². The van der Waals surface area contributed by atoms with Crippen molar-refractivity contribution in [3.8, 4) is 17.2 Å². The Labute approximate surface area is 174 Å². The molecule has 1 saturated carbocycles. The molecule has 1 N–H and O–H groups in total. The van der Waals surface area contributed by atoms with Gasteiger partial charge < -0.3 is 14.8 Å². The summed E-state index contributed by atoms with van der Waals surface area (Å²) in [6, 6.07) is 14.9. The minimum Gasteiger partial charge on any atom is -0.486 e. The van der Waals surface area contributed by atoms with Crippen LogP contribution < -0.4 is 14.8 Å². The van der Waals surface area contributed by atoms with Crippen LogP contribution in [0.2, 0.25) is 0 Å². The molecule has 1 aliphatic carbocycles. The second kappa shape index (κ2) is 7.78. The molecule has 8 nitrogen and oxygen atoms in total. The molecule has 30 heavy (non-hydrogen) atoms. The van der Waals surface area contributed by atoms with E-state index in [1.165, 1.54) is 0 Å². The first-order chi connectivity index (χ1) is 14.8. The predicted molar refractivity (Wildman–Crippen MR) is 109 cm³/mol. The largest absolute Gasteiger partial charge is 0.486 e. The molecule has 0 atom stereocenters. The van der Waals surface area contributed by atoms with Gasteiger partial charge >= 0.3 is 0 Å². The van der Waals surface area contributed by atoms with Crippen LogP contribution in [0.1, 0.15) is 48.3 Å². The molecule has 1 fully saturated rings. The van der Waals surface area contributed by atoms with Crippen molar-refractivity contribution in [2.45, 2.75) is 37.6 Å². The zero-order chi connectivity index (χ0) is 20.4. The van der Waals surface area contributed by atoms with Crippen molar-refractivity contribution in [3.63, 3.8) is 0 Å². The number of rotatable bonds is 4. The van der Waals surface area contributed by atoms with E-state index in [1.807, 2.05) is 48.5 Å². The lowest BCUT2D eigenvalue weighted by molar-refractivity contribution is 0.0855. The third-order valence-corrected chi connectivity index (χ3v) is 5.76. The quantitative estimate of drug-likeness (QED) is 0.717. The SMILES string of the molecule is O=C(NC1(c2nnnn2-c2ccc3c(c2)OCCO3)CCCCC1)c1ccccc1. The molecule has 1 aromatic heterocycles. The van der Waals surface area contributed by atoms with Crippen LogP contribution in [-0.4, -0.2) is 39.3 Å². The molecule has 2 heterocycles. The van der Waals surface area contributed by atoms with Crippen molar-refractivity contribution in [2.75, 3.05) is 13.2 Å². The number of benzene rings is 2. The van der Waals surface area contributed by atoms with Crippen LogP contribution in [0.3, 0.4) is 0 Å². The molecule has 3 aromatic rings. The van der Waals surface area contributed by atoms with Crippen LogP contribution >= 0.6 is 0 Å². The smallest absolute Gasteiger partial charge is 0.252 e. The van der Waals surface area contributed by atoms with E-state index >= 15 is 0 Å². The summed E-state index contributed by atoms with van der Waals surface area (Å²) in [4.78, 5) is 13.0. The second-order valence-electron chi connectivity index (χ2n) is 7.71. The lowest BCUT2D eigenvalue weighted by Crippen LogP contribution is -2.49. The second-order valence-corrected chi connectivity index (χ2v) is 7.71. The van der Waals surface area contributed by atoms with E-state index in [2.05, 4.69) is 20.8 Å². The number of carbonyl (C=O) groups is 1. The van der Waals surface area contributed by atoms with Crippen LogP contribution in [-0.2, 0) is 5.54 Å². The predicted octanol–water partition coefficient (Wildman–Crippen LogP) is 3.02. The molecule has 0 unspecified atom stereocenters. The van der Waals surface area contributed by atoms with Gasteiger partial charge in [0.05, 0.1) is 5.69 Å². The Balaban J connectivity index is 1.52. The first-order valence-corrected chi connectivity index (χ1v) is 10.3. The zero-order valence-corrected chi connectivity index (χ0v) is 16.6. The zero-order valence-electron chi connectivity index (χ0n) is 16.6. The Morgan fingerprint density at radius 1 is 0.967 bits per heavy atom. The number of hydrogen-bond acceptors (Lipinski definition) is 6. The molecule has 0 radical (unpaired) electrons. The third kappa shape index (κ3) is 3.38. The van der Waals surface area contributed by atoms with Gasteiger partial charge in [-0.15, -0.1) is 5.10 Å². The number of nitrogens with one attached hydrogen (secondary N) is 1. The average Bonchev–Trinajstić information content (AvgIpc) is 3.31. The maximum absolute atomic E-state index is 13.0. The minimum absolute atomic E-state index is 0.116. The Hall–Kier alpha value is -3.42. The molecule has 0 saturated heterocycles. The van der Waals surface area contributed by atoms with Crippen molar-refractivity contribution < 1.29 is 14.3 Å². The normalized spacial score (nSPS) is 17.3. The van der Waals surface area contributed by atoms with Gasteiger partial charge in [-0.25, -0.2) is 0 Å². The van der Waals surface area contributed by atoms with Gasteiger partial charge in [-0.05, 0) is 47.5 Å². The van der Waals surface area contributed by atoms with Crippen molar-refractivity contribution in [1.29, 1.82) is 0 Å². The van der Waals surface area contributed by atoms with E-state index in [-0.39, 0.29) is 5.91 Å². The highest BCUT2D eigenvalue weighted by molar-refractivity contribution is 5.94. The fourth-order valence-electron chi connectivity index (χ4n) is 4.26. The summed E-state index contributed by atoms with van der Waals surface area (Å²) in [6.07, 6.45) is 4.72. The van der Waals surface area contributed by atoms with Crippen molar-refractivity contribution in [3.05, 3.63) is 59.9 Å². The topological polar surface area (TPSA) is 91.2 Å². The molecular formula is C22H23N5O3. The number of tetrazole rings is 1. The molecule has 0 bridgehead atoms. The summed E-state index contributed by atoms with van der Waals surface area (Å²) >= 11 is 0. The number of aromatic nitrogens is 4. The molecule has 0 spiro atoms. The molecular weight excluding hydrogens is 382 g/mol. The van der Waals surface area contributed by atoms with E-state index in [4.69, 9.17) is 9.47 Å². The number of amides is 1. The number of nitrogens with zero attached hydrogens (tertiary/aromatic N) is 4. The highest BCUT2D eigenvalue weighted by atomic mass is 16.6. The summed E-state index contributed by atoms with van der Waals surface area (Å²) in [5, 5.41) is 15.8. The molecule has 154 valence electrons. The fourth-order valence-corrected chi connectivity index (χ4v) is 4.26. The number of hydrogen-bond donors (Lipinski definition) is 1. The Kier molecular flexibility index (Phi) is 4.82. The lowest BCUT2D eigenvalue weighted by Gasteiger charge is -2.36. The average molecular weight is 405 g/mol. The van der Waals surface area contributed by atoms with Gasteiger partial charge in [0.2, 0.25) is 0 Å². The molecule has 2 aliphatic rings. The fraction of sp³-hybridized carbons (Fsp3) is 0.364. The number of carbonyl (C=O) groups excluding carboxylic acids is 1. The van der Waals surface area contributed by atoms with E-state index in [0.717, 1.165) is 37.8 Å². The first-order valence-electron chi connectivity index (χ1n) is 10.3. The van der Waals surface area contributed by atoms with Crippen molar-refractivity contribution >= 4 is 5.91 Å². The molecule has 1 aliphatic heterocycles. The Morgan fingerprint density at radius 2 is 1.73 bits per heavy atom. The highest BCUT2D eigenvalue weighted by Gasteiger charge is 2.41. The number of fused-ring (bicyclic) bond motifs is 1. The van der Waals surface area contributed by atoms with Gasteiger partial charge in [0, 0.05) is 11.6 Å². The monoisotopic (exact) mass is 405 g/mol. The maximum atomic E-state index is 13.0. The summed E-state index contributed by atoms with van der Waals surface area (Å²) in [5.74, 6) is 1.91. The van der Waals surface area contributed by atoms with Crippen LogP contribution in [0.15, 0.2) is 48.5 Å². The summed E-state index contributed by atoms with van der Waals surface area (Å²) in [5.41, 5.74) is 0.779. The molecule has 5 rings (SSSR count). The first kappa shape index (κ1) is 18.6. The number of ether oxygens (including phenoxy) is 2. The Morgan fingerprint density at radius 3 is 2.53 bits per heavy atom. The van der Waals surface area contributed by atoms with E-state index in [0.29, 0.717) is 36.1 Å². The lowest BCUT2D eigenvalue weighted by atomic mass is 9.80. The van der Waals surface area contributed by atoms with Gasteiger partial charge in [-0.3, -0.25) is 4.79 Å². The van der Waals surface area contributed by atoms with Gasteiger partial charge in [0.1, 0.15) is 18.8 Å². The van der Waals surface area contributed by atoms with Gasteiger partial charge in [0.25, 0.3) is 5.91 Å². The van der Waals surface area contributed by atoms with Gasteiger partial charge in [0.15, 0.2) is 17.3 Å². The molecule has 2 aromatic carbocycles. The van der Waals surface area contributed by atoms with Crippen LogP contribution in [0, 0.1) is 0 Å². The third-order valence-electron chi connectivity index (χ3n) is 5.76. The maximum Gasteiger partial charge on any atom is 0.252 e. The van der Waals surface area contributed by atoms with Crippen molar-refractivity contribution in [2.24, 2.45) is 0 Å². The molecule has 1 amide bonds. The van der Waals surface area contributed by atoms with Crippen LogP contribution in [0.4, 0.5) is 0 Å². The minimum atomic E-state index is -0.623. The Bertz CT molecular complexity index is 1040. The highest BCUT2D eigenvalue weighted by Crippen LogP contribution is 2.38. The standard InChI is InChI=1S/C22H23N5O3/c28-20(16-7-3-1-4-8-16)23-22(11-5-2-6-12-22)21-24-25-26-27(21)17-9-10-18-19(15-17)30-14-13-29-18/h1,3-4,7-10,15H,2,5-6,11-14H2,(H,23,28). The van der Waals surface area contributed by atoms with Crippen LogP contribution in [0.25, 0.3) is 5.69 Å². The van der Waals surface area contributed by atoms with Crippen molar-refractivity contribution in [1.82, 2.24) is 25.5 Å². The van der Waals surface area contributed by atoms with E-state index in [1.54, 1.807) is 4.68 Å². The van der Waals surface area contributed by atoms with Gasteiger partial charge in [-0.2, -0.15) is 4.68 Å². The van der Waals surface area contributed by atoms with E-state index < -0.39 is 5.54 Å².